The summed E-state index contributed by atoms with van der Waals surface area (Å²) in [6.07, 6.45) is 5.82. The molecule has 2 rings (SSSR count). The molecule has 1 aliphatic rings. The van der Waals surface area contributed by atoms with E-state index in [-0.39, 0.29) is 5.60 Å². The van der Waals surface area contributed by atoms with Gasteiger partial charge < -0.3 is 14.8 Å². The fourth-order valence-corrected chi connectivity index (χ4v) is 3.64. The van der Waals surface area contributed by atoms with Crippen molar-refractivity contribution in [3.05, 3.63) is 29.8 Å². The molecule has 1 aliphatic carbocycles. The first kappa shape index (κ1) is 16.3. The van der Waals surface area contributed by atoms with Crippen molar-refractivity contribution in [3.8, 4) is 5.75 Å². The van der Waals surface area contributed by atoms with E-state index in [1.807, 2.05) is 12.1 Å². The first-order chi connectivity index (χ1) is 10.3. The number of benzene rings is 1. The van der Waals surface area contributed by atoms with Gasteiger partial charge in [0.25, 0.3) is 0 Å². The van der Waals surface area contributed by atoms with Crippen LogP contribution in [0.2, 0.25) is 0 Å². The van der Waals surface area contributed by atoms with Crippen molar-refractivity contribution in [2.75, 3.05) is 20.3 Å². The fraction of sp³-hybridized carbons (Fsp3) is 0.667. The van der Waals surface area contributed by atoms with Gasteiger partial charge in [-0.2, -0.15) is 0 Å². The van der Waals surface area contributed by atoms with Crippen molar-refractivity contribution in [2.45, 2.75) is 57.6 Å². The number of likely N-dealkylation sites (N-methyl/N-ethyl adjacent to an activating group) is 1. The van der Waals surface area contributed by atoms with Crippen LogP contribution in [-0.4, -0.2) is 31.9 Å². The van der Waals surface area contributed by atoms with Crippen molar-refractivity contribution < 1.29 is 9.47 Å². The van der Waals surface area contributed by atoms with Crippen molar-refractivity contribution in [1.82, 2.24) is 5.32 Å². The van der Waals surface area contributed by atoms with Gasteiger partial charge in [0, 0.05) is 12.6 Å². The largest absolute Gasteiger partial charge is 0.496 e. The molecule has 3 heteroatoms. The summed E-state index contributed by atoms with van der Waals surface area (Å²) in [6, 6.07) is 8.67. The maximum atomic E-state index is 6.25. The number of nitrogens with one attached hydrogen (secondary N) is 1. The topological polar surface area (TPSA) is 30.5 Å². The Hall–Kier alpha value is -1.06. The van der Waals surface area contributed by atoms with Crippen LogP contribution < -0.4 is 10.1 Å². The standard InChI is InChI=1S/C18H29NO2/c1-4-19-17(18(21-5-2)12-8-9-13-18)14-15-10-6-7-11-16(15)20-3/h6-7,10-11,17,19H,4-5,8-9,12-14H2,1-3H3. The molecule has 0 aromatic heterocycles. The van der Waals surface area contributed by atoms with Gasteiger partial charge >= 0.3 is 0 Å². The fourth-order valence-electron chi connectivity index (χ4n) is 3.64. The highest BCUT2D eigenvalue weighted by Crippen LogP contribution is 2.38. The van der Waals surface area contributed by atoms with E-state index >= 15 is 0 Å². The lowest BCUT2D eigenvalue weighted by Gasteiger charge is -2.38. The molecule has 1 atom stereocenters. The highest BCUT2D eigenvalue weighted by Gasteiger charge is 2.41. The van der Waals surface area contributed by atoms with E-state index in [1.165, 1.54) is 18.4 Å². The molecule has 0 amide bonds. The van der Waals surface area contributed by atoms with Gasteiger partial charge in [-0.1, -0.05) is 38.0 Å². The SMILES string of the molecule is CCNC(Cc1ccccc1OC)C1(OCC)CCCC1. The summed E-state index contributed by atoms with van der Waals surface area (Å²) in [5.41, 5.74) is 1.25. The number of methoxy groups -OCH3 is 1. The molecule has 118 valence electrons. The molecule has 1 saturated carbocycles. The third kappa shape index (κ3) is 3.78. The summed E-state index contributed by atoms with van der Waals surface area (Å²) in [5.74, 6) is 0.977. The molecule has 1 unspecified atom stereocenters. The van der Waals surface area contributed by atoms with Gasteiger partial charge in [-0.05, 0) is 44.4 Å². The molecule has 0 heterocycles. The monoisotopic (exact) mass is 291 g/mol. The smallest absolute Gasteiger partial charge is 0.122 e. The maximum absolute atomic E-state index is 6.25. The van der Waals surface area contributed by atoms with Crippen molar-refractivity contribution in [1.29, 1.82) is 0 Å². The van der Waals surface area contributed by atoms with Crippen LogP contribution in [0.25, 0.3) is 0 Å². The highest BCUT2D eigenvalue weighted by molar-refractivity contribution is 5.34. The zero-order chi connectivity index (χ0) is 15.1. The molecule has 0 bridgehead atoms. The number of para-hydroxylation sites is 1. The molecule has 1 N–H and O–H groups in total. The Morgan fingerprint density at radius 2 is 1.90 bits per heavy atom. The predicted molar refractivity (Wildman–Crippen MR) is 87.0 cm³/mol. The van der Waals surface area contributed by atoms with Crippen LogP contribution in [-0.2, 0) is 11.2 Å². The summed E-state index contributed by atoms with van der Waals surface area (Å²) in [5, 5.41) is 3.67. The molecule has 0 aliphatic heterocycles. The second-order valence-electron chi connectivity index (χ2n) is 5.83. The molecule has 0 radical (unpaired) electrons. The summed E-state index contributed by atoms with van der Waals surface area (Å²) in [6.45, 7) is 6.03. The Bertz CT molecular complexity index is 427. The average molecular weight is 291 g/mol. The van der Waals surface area contributed by atoms with Crippen LogP contribution in [0, 0.1) is 0 Å². The van der Waals surface area contributed by atoms with E-state index in [0.29, 0.717) is 6.04 Å². The van der Waals surface area contributed by atoms with Crippen molar-refractivity contribution in [2.24, 2.45) is 0 Å². The lowest BCUT2D eigenvalue weighted by atomic mass is 9.87. The van der Waals surface area contributed by atoms with Crippen LogP contribution in [0.1, 0.15) is 45.1 Å². The Labute approximate surface area is 129 Å². The van der Waals surface area contributed by atoms with Crippen LogP contribution in [0.4, 0.5) is 0 Å². The quantitative estimate of drug-likeness (QED) is 0.794. The minimum absolute atomic E-state index is 0.00832. The Morgan fingerprint density at radius 1 is 1.19 bits per heavy atom. The molecule has 0 saturated heterocycles. The molecule has 1 aromatic rings. The third-order valence-electron chi connectivity index (χ3n) is 4.58. The van der Waals surface area contributed by atoms with E-state index < -0.39 is 0 Å². The number of ether oxygens (including phenoxy) is 2. The average Bonchev–Trinajstić information content (AvgIpc) is 2.97. The predicted octanol–water partition coefficient (Wildman–Crippen LogP) is 3.57. The number of hydrogen-bond donors (Lipinski definition) is 1. The molecular weight excluding hydrogens is 262 g/mol. The molecule has 1 aromatic carbocycles. The molecule has 1 fully saturated rings. The Balaban J connectivity index is 2.21. The minimum Gasteiger partial charge on any atom is -0.496 e. The van der Waals surface area contributed by atoms with Gasteiger partial charge in [-0.3, -0.25) is 0 Å². The van der Waals surface area contributed by atoms with Gasteiger partial charge in [0.15, 0.2) is 0 Å². The zero-order valence-corrected chi connectivity index (χ0v) is 13.7. The summed E-state index contributed by atoms with van der Waals surface area (Å²) < 4.78 is 11.8. The maximum Gasteiger partial charge on any atom is 0.122 e. The molecule has 21 heavy (non-hydrogen) atoms. The normalized spacial score (nSPS) is 18.6. The lowest BCUT2D eigenvalue weighted by Crippen LogP contribution is -2.52. The zero-order valence-electron chi connectivity index (χ0n) is 13.7. The first-order valence-corrected chi connectivity index (χ1v) is 8.25. The third-order valence-corrected chi connectivity index (χ3v) is 4.58. The van der Waals surface area contributed by atoms with Gasteiger partial charge in [0.1, 0.15) is 5.75 Å². The van der Waals surface area contributed by atoms with Crippen LogP contribution in [0.5, 0.6) is 5.75 Å². The number of rotatable bonds is 8. The molecule has 0 spiro atoms. The van der Waals surface area contributed by atoms with Gasteiger partial charge in [-0.15, -0.1) is 0 Å². The van der Waals surface area contributed by atoms with E-state index in [2.05, 4.69) is 31.3 Å². The van der Waals surface area contributed by atoms with Gasteiger partial charge in [0.05, 0.1) is 12.7 Å². The highest BCUT2D eigenvalue weighted by atomic mass is 16.5. The van der Waals surface area contributed by atoms with Crippen LogP contribution in [0.15, 0.2) is 24.3 Å². The summed E-state index contributed by atoms with van der Waals surface area (Å²) in [4.78, 5) is 0. The second kappa shape index (κ2) is 7.81. The number of hydrogen-bond acceptors (Lipinski definition) is 3. The molecule has 3 nitrogen and oxygen atoms in total. The van der Waals surface area contributed by atoms with Crippen molar-refractivity contribution >= 4 is 0 Å². The van der Waals surface area contributed by atoms with Crippen LogP contribution >= 0.6 is 0 Å². The van der Waals surface area contributed by atoms with Gasteiger partial charge in [-0.25, -0.2) is 0 Å². The van der Waals surface area contributed by atoms with E-state index in [0.717, 1.165) is 38.2 Å². The first-order valence-electron chi connectivity index (χ1n) is 8.25. The summed E-state index contributed by atoms with van der Waals surface area (Å²) in [7, 11) is 1.75. The van der Waals surface area contributed by atoms with Crippen molar-refractivity contribution in [3.63, 3.8) is 0 Å². The lowest BCUT2D eigenvalue weighted by molar-refractivity contribution is -0.0610. The van der Waals surface area contributed by atoms with E-state index in [1.54, 1.807) is 7.11 Å². The van der Waals surface area contributed by atoms with E-state index in [4.69, 9.17) is 9.47 Å². The minimum atomic E-state index is -0.00832. The Morgan fingerprint density at radius 3 is 2.52 bits per heavy atom. The van der Waals surface area contributed by atoms with Gasteiger partial charge in [0.2, 0.25) is 0 Å². The summed E-state index contributed by atoms with van der Waals surface area (Å²) >= 11 is 0. The second-order valence-corrected chi connectivity index (χ2v) is 5.83. The molecular formula is C18H29NO2. The Kier molecular flexibility index (Phi) is 6.07. The van der Waals surface area contributed by atoms with Crippen LogP contribution in [0.3, 0.4) is 0 Å². The van der Waals surface area contributed by atoms with E-state index in [9.17, 15) is 0 Å².